The Morgan fingerprint density at radius 2 is 1.84 bits per heavy atom. The molecule has 1 heterocycles. The highest BCUT2D eigenvalue weighted by Gasteiger charge is 2.20. The number of rotatable bonds is 8. The molecule has 25 heavy (non-hydrogen) atoms. The third kappa shape index (κ3) is 5.83. The van der Waals surface area contributed by atoms with Gasteiger partial charge in [0.15, 0.2) is 5.78 Å². The monoisotopic (exact) mass is 359 g/mol. The van der Waals surface area contributed by atoms with E-state index in [1.807, 2.05) is 36.6 Å². The number of carbonyl (C=O) groups is 3. The van der Waals surface area contributed by atoms with Crippen LogP contribution >= 0.6 is 11.3 Å². The van der Waals surface area contributed by atoms with Crippen molar-refractivity contribution in [1.82, 2.24) is 5.32 Å². The van der Waals surface area contributed by atoms with Crippen LogP contribution in [0.5, 0.6) is 0 Å². The minimum absolute atomic E-state index is 0.0641. The third-order valence-corrected chi connectivity index (χ3v) is 4.76. The molecule has 1 atom stereocenters. The molecule has 1 aromatic carbocycles. The van der Waals surface area contributed by atoms with Gasteiger partial charge in [-0.2, -0.15) is 0 Å². The zero-order chi connectivity index (χ0) is 18.2. The molecule has 5 nitrogen and oxygen atoms in total. The van der Waals surface area contributed by atoms with E-state index < -0.39 is 12.0 Å². The number of methoxy groups -OCH3 is 1. The minimum Gasteiger partial charge on any atom is -0.469 e. The normalized spacial score (nSPS) is 11.6. The molecule has 1 amide bonds. The van der Waals surface area contributed by atoms with Crippen molar-refractivity contribution >= 4 is 29.0 Å². The number of ketones is 1. The molecule has 0 radical (unpaired) electrons. The summed E-state index contributed by atoms with van der Waals surface area (Å²) in [6, 6.07) is 10.6. The van der Waals surface area contributed by atoms with Gasteiger partial charge in [-0.15, -0.1) is 11.3 Å². The molecule has 0 saturated carbocycles. The van der Waals surface area contributed by atoms with Crippen molar-refractivity contribution in [3.63, 3.8) is 0 Å². The van der Waals surface area contributed by atoms with Crippen molar-refractivity contribution in [2.24, 2.45) is 0 Å². The van der Waals surface area contributed by atoms with Gasteiger partial charge in [-0.1, -0.05) is 35.9 Å². The topological polar surface area (TPSA) is 72.5 Å². The number of esters is 1. The first-order chi connectivity index (χ1) is 12.0. The van der Waals surface area contributed by atoms with Gasteiger partial charge in [0.25, 0.3) is 0 Å². The summed E-state index contributed by atoms with van der Waals surface area (Å²) in [5, 5.41) is 4.70. The van der Waals surface area contributed by atoms with Gasteiger partial charge in [-0.3, -0.25) is 14.4 Å². The van der Waals surface area contributed by atoms with Crippen molar-refractivity contribution < 1.29 is 19.1 Å². The Bertz CT molecular complexity index is 722. The van der Waals surface area contributed by atoms with E-state index in [2.05, 4.69) is 10.1 Å². The predicted octanol–water partition coefficient (Wildman–Crippen LogP) is 3.44. The number of amides is 1. The van der Waals surface area contributed by atoms with Crippen molar-refractivity contribution in [3.05, 3.63) is 57.8 Å². The molecule has 1 N–H and O–H groups in total. The first kappa shape index (κ1) is 18.9. The van der Waals surface area contributed by atoms with E-state index in [0.717, 1.165) is 10.4 Å². The Balaban J connectivity index is 1.91. The molecule has 2 aromatic rings. The van der Waals surface area contributed by atoms with E-state index in [-0.39, 0.29) is 31.0 Å². The van der Waals surface area contributed by atoms with E-state index in [4.69, 9.17) is 0 Å². The highest BCUT2D eigenvalue weighted by Crippen LogP contribution is 2.22. The Morgan fingerprint density at radius 1 is 1.12 bits per heavy atom. The van der Waals surface area contributed by atoms with Crippen LogP contribution < -0.4 is 5.32 Å². The van der Waals surface area contributed by atoms with Crippen molar-refractivity contribution in [2.45, 2.75) is 32.2 Å². The summed E-state index contributed by atoms with van der Waals surface area (Å²) in [6.45, 7) is 1.95. The molecule has 2 rings (SSSR count). The lowest BCUT2D eigenvalue weighted by Gasteiger charge is -2.16. The van der Waals surface area contributed by atoms with Crippen molar-refractivity contribution in [3.8, 4) is 0 Å². The number of aryl methyl sites for hydroxylation is 1. The van der Waals surface area contributed by atoms with Crippen molar-refractivity contribution in [1.29, 1.82) is 0 Å². The Labute approximate surface area is 151 Å². The zero-order valence-electron chi connectivity index (χ0n) is 14.3. The van der Waals surface area contributed by atoms with Gasteiger partial charge >= 0.3 is 5.97 Å². The van der Waals surface area contributed by atoms with E-state index in [0.29, 0.717) is 5.56 Å². The summed E-state index contributed by atoms with van der Waals surface area (Å²) in [5.74, 6) is -0.729. The maximum atomic E-state index is 12.2. The molecular formula is C19H21NO4S. The zero-order valence-corrected chi connectivity index (χ0v) is 15.1. The molecule has 0 fully saturated rings. The van der Waals surface area contributed by atoms with Crippen LogP contribution in [0.4, 0.5) is 0 Å². The quantitative estimate of drug-likeness (QED) is 0.579. The lowest BCUT2D eigenvalue weighted by molar-refractivity contribution is -0.141. The molecule has 0 saturated heterocycles. The standard InChI is InChI=1S/C19H21NO4S/c1-13-5-7-14(8-6-13)16(21)9-10-18(22)20-15(12-19(23)24-2)17-4-3-11-25-17/h3-8,11,15H,9-10,12H2,1-2H3,(H,20,22). The van der Waals surface area contributed by atoms with E-state index in [9.17, 15) is 14.4 Å². The average Bonchev–Trinajstić information content (AvgIpc) is 3.14. The van der Waals surface area contributed by atoms with Crippen LogP contribution in [0.2, 0.25) is 0 Å². The number of ether oxygens (including phenoxy) is 1. The lowest BCUT2D eigenvalue weighted by Crippen LogP contribution is -2.30. The molecular weight excluding hydrogens is 338 g/mol. The number of Topliss-reactive ketones (excluding diaryl/α,β-unsaturated/α-hetero) is 1. The average molecular weight is 359 g/mol. The van der Waals surface area contributed by atoms with E-state index in [1.165, 1.54) is 18.4 Å². The van der Waals surface area contributed by atoms with Gasteiger partial charge in [0.05, 0.1) is 19.6 Å². The highest BCUT2D eigenvalue weighted by atomic mass is 32.1. The summed E-state index contributed by atoms with van der Waals surface area (Å²) in [7, 11) is 1.32. The fraction of sp³-hybridized carbons (Fsp3) is 0.316. The highest BCUT2D eigenvalue weighted by molar-refractivity contribution is 7.10. The van der Waals surface area contributed by atoms with Crippen LogP contribution in [0.3, 0.4) is 0 Å². The van der Waals surface area contributed by atoms with E-state index >= 15 is 0 Å². The Morgan fingerprint density at radius 3 is 2.44 bits per heavy atom. The smallest absolute Gasteiger partial charge is 0.307 e. The second-order valence-corrected chi connectivity index (χ2v) is 6.68. The number of benzene rings is 1. The molecule has 0 aliphatic rings. The van der Waals surface area contributed by atoms with Gasteiger partial charge in [-0.05, 0) is 18.4 Å². The largest absolute Gasteiger partial charge is 0.469 e. The molecule has 1 unspecified atom stereocenters. The predicted molar refractivity (Wildman–Crippen MR) is 96.6 cm³/mol. The summed E-state index contributed by atoms with van der Waals surface area (Å²) in [5.41, 5.74) is 1.68. The Kier molecular flexibility index (Phi) is 6.89. The SMILES string of the molecule is COC(=O)CC(NC(=O)CCC(=O)c1ccc(C)cc1)c1cccs1. The molecule has 0 spiro atoms. The summed E-state index contributed by atoms with van der Waals surface area (Å²) < 4.78 is 4.69. The van der Waals surface area contributed by atoms with Crippen LogP contribution in [-0.4, -0.2) is 24.8 Å². The first-order valence-corrected chi connectivity index (χ1v) is 8.87. The van der Waals surface area contributed by atoms with Crippen LogP contribution in [0.25, 0.3) is 0 Å². The number of hydrogen-bond acceptors (Lipinski definition) is 5. The van der Waals surface area contributed by atoms with Gasteiger partial charge in [-0.25, -0.2) is 0 Å². The number of thiophene rings is 1. The number of hydrogen-bond donors (Lipinski definition) is 1. The van der Waals surface area contributed by atoms with E-state index in [1.54, 1.807) is 12.1 Å². The summed E-state index contributed by atoms with van der Waals surface area (Å²) >= 11 is 1.46. The van der Waals surface area contributed by atoms with Crippen LogP contribution in [-0.2, 0) is 14.3 Å². The first-order valence-electron chi connectivity index (χ1n) is 7.99. The van der Waals surface area contributed by atoms with Crippen LogP contribution in [0.15, 0.2) is 41.8 Å². The summed E-state index contributed by atoms with van der Waals surface area (Å²) in [4.78, 5) is 36.8. The molecule has 0 aliphatic carbocycles. The maximum absolute atomic E-state index is 12.2. The Hall–Kier alpha value is -2.47. The third-order valence-electron chi connectivity index (χ3n) is 3.77. The van der Waals surface area contributed by atoms with Crippen LogP contribution in [0.1, 0.15) is 46.1 Å². The summed E-state index contributed by atoms with van der Waals surface area (Å²) in [6.07, 6.45) is 0.273. The van der Waals surface area contributed by atoms with Gasteiger partial charge in [0, 0.05) is 23.3 Å². The second kappa shape index (κ2) is 9.13. The van der Waals surface area contributed by atoms with Crippen LogP contribution in [0, 0.1) is 6.92 Å². The molecule has 6 heteroatoms. The fourth-order valence-electron chi connectivity index (χ4n) is 2.34. The molecule has 132 valence electrons. The van der Waals surface area contributed by atoms with Crippen molar-refractivity contribution in [2.75, 3.05) is 7.11 Å². The van der Waals surface area contributed by atoms with Gasteiger partial charge in [0.2, 0.25) is 5.91 Å². The fourth-order valence-corrected chi connectivity index (χ4v) is 3.12. The maximum Gasteiger partial charge on any atom is 0.307 e. The second-order valence-electron chi connectivity index (χ2n) is 5.70. The minimum atomic E-state index is -0.436. The molecule has 0 aliphatic heterocycles. The van der Waals surface area contributed by atoms with Gasteiger partial charge < -0.3 is 10.1 Å². The van der Waals surface area contributed by atoms with Gasteiger partial charge in [0.1, 0.15) is 0 Å². The lowest BCUT2D eigenvalue weighted by atomic mass is 10.0. The number of carbonyl (C=O) groups excluding carboxylic acids is 3. The number of nitrogens with one attached hydrogen (secondary N) is 1. The molecule has 0 bridgehead atoms. The molecule has 1 aromatic heterocycles.